The van der Waals surface area contributed by atoms with Gasteiger partial charge in [-0.05, 0) is 42.5 Å². The van der Waals surface area contributed by atoms with E-state index in [0.717, 1.165) is 27.9 Å². The number of pyridine rings is 1. The fourth-order valence-corrected chi connectivity index (χ4v) is 4.36. The van der Waals surface area contributed by atoms with E-state index in [0.29, 0.717) is 0 Å². The van der Waals surface area contributed by atoms with Gasteiger partial charge in [-0.25, -0.2) is 0 Å². The first-order valence-corrected chi connectivity index (χ1v) is 11.5. The molecule has 0 aliphatic rings. The molecule has 0 saturated heterocycles. The normalized spacial score (nSPS) is 11.0. The van der Waals surface area contributed by atoms with Crippen LogP contribution in [0.15, 0.2) is 91.0 Å². The van der Waals surface area contributed by atoms with Gasteiger partial charge < -0.3 is 0 Å². The second kappa shape index (κ2) is 8.51. The summed E-state index contributed by atoms with van der Waals surface area (Å²) in [6.45, 7) is 8.22. The Labute approximate surface area is 194 Å². The molecule has 0 radical (unpaired) electrons. The maximum atomic E-state index is 4.60. The van der Waals surface area contributed by atoms with Crippen LogP contribution in [0.25, 0.3) is 49.8 Å². The molecule has 0 spiro atoms. The smallest absolute Gasteiger partial charge is 0.169 e. The van der Waals surface area contributed by atoms with Crippen LogP contribution in [0.3, 0.4) is 0 Å². The van der Waals surface area contributed by atoms with E-state index < -0.39 is 0 Å². The lowest BCUT2D eigenvalue weighted by Gasteiger charge is -2.12. The summed E-state index contributed by atoms with van der Waals surface area (Å²) in [6, 6.07) is 32.3. The van der Waals surface area contributed by atoms with Gasteiger partial charge in [-0.15, -0.1) is 10.2 Å². The number of benzene rings is 4. The summed E-state index contributed by atoms with van der Waals surface area (Å²) in [5.41, 5.74) is 8.00. The Bertz CT molecular complexity index is 1570. The number of hydrogen-bond donors (Lipinski definition) is 0. The van der Waals surface area contributed by atoms with Crippen molar-refractivity contribution >= 4 is 27.3 Å². The zero-order valence-electron chi connectivity index (χ0n) is 19.5. The third kappa shape index (κ3) is 3.56. The van der Waals surface area contributed by atoms with Gasteiger partial charge in [0.1, 0.15) is 0 Å². The van der Waals surface area contributed by atoms with E-state index in [1.165, 1.54) is 33.0 Å². The predicted molar refractivity (Wildman–Crippen MR) is 140 cm³/mol. The standard InChI is InChI=1S/C28H21N3.C2H6/c1-18-7-11-20(12-8-18)22-15-16-26-25(17-22)23-5-3-4-6-24(23)28-30-29-27(31(26)28)21-13-9-19(2)10-14-21;1-2/h3-17H,1-2H3;1-2H3. The average Bonchev–Trinajstić information content (AvgIpc) is 3.32. The van der Waals surface area contributed by atoms with Crippen molar-refractivity contribution in [2.75, 3.05) is 0 Å². The second-order valence-corrected chi connectivity index (χ2v) is 8.19. The topological polar surface area (TPSA) is 30.2 Å². The number of hydrogen-bond acceptors (Lipinski definition) is 2. The lowest BCUT2D eigenvalue weighted by molar-refractivity contribution is 1.12. The van der Waals surface area contributed by atoms with E-state index in [1.54, 1.807) is 0 Å². The zero-order valence-corrected chi connectivity index (χ0v) is 19.5. The van der Waals surface area contributed by atoms with Gasteiger partial charge in [0.05, 0.1) is 5.52 Å². The van der Waals surface area contributed by atoms with E-state index in [1.807, 2.05) is 13.8 Å². The number of rotatable bonds is 2. The summed E-state index contributed by atoms with van der Waals surface area (Å²) in [5.74, 6) is 0.869. The summed E-state index contributed by atoms with van der Waals surface area (Å²) in [4.78, 5) is 0. The Kier molecular flexibility index (Phi) is 5.39. The summed E-state index contributed by atoms with van der Waals surface area (Å²) in [6.07, 6.45) is 0. The van der Waals surface area contributed by atoms with Crippen molar-refractivity contribution in [3.05, 3.63) is 102 Å². The first-order valence-electron chi connectivity index (χ1n) is 11.5. The van der Waals surface area contributed by atoms with Crippen LogP contribution in [0.2, 0.25) is 0 Å². The van der Waals surface area contributed by atoms with Crippen molar-refractivity contribution in [2.24, 2.45) is 0 Å². The molecule has 33 heavy (non-hydrogen) atoms. The highest BCUT2D eigenvalue weighted by molar-refractivity contribution is 6.13. The Balaban J connectivity index is 0.00000111. The molecular formula is C30H27N3. The summed E-state index contributed by atoms with van der Waals surface area (Å²) < 4.78 is 2.20. The third-order valence-corrected chi connectivity index (χ3v) is 6.05. The van der Waals surface area contributed by atoms with Crippen molar-refractivity contribution in [1.82, 2.24) is 14.6 Å². The van der Waals surface area contributed by atoms with Gasteiger partial charge in [-0.3, -0.25) is 4.40 Å². The van der Waals surface area contributed by atoms with Gasteiger partial charge in [0.15, 0.2) is 11.5 Å². The van der Waals surface area contributed by atoms with Crippen molar-refractivity contribution in [2.45, 2.75) is 27.7 Å². The molecule has 0 aliphatic heterocycles. The molecule has 0 atom stereocenters. The van der Waals surface area contributed by atoms with Crippen molar-refractivity contribution in [3.63, 3.8) is 0 Å². The monoisotopic (exact) mass is 429 g/mol. The molecule has 0 bridgehead atoms. The SMILES string of the molecule is CC.Cc1ccc(-c2ccc3c(c2)c2ccccc2c2nnc(-c4ccc(C)cc4)n32)cc1. The summed E-state index contributed by atoms with van der Waals surface area (Å²) in [5, 5.41) is 12.7. The molecule has 3 nitrogen and oxygen atoms in total. The number of aromatic nitrogens is 3. The first-order chi connectivity index (χ1) is 16.2. The molecule has 4 aromatic carbocycles. The largest absolute Gasteiger partial charge is 0.274 e. The Hall–Kier alpha value is -3.98. The first kappa shape index (κ1) is 20.9. The molecule has 0 fully saturated rings. The summed E-state index contributed by atoms with van der Waals surface area (Å²) >= 11 is 0. The molecule has 0 N–H and O–H groups in total. The Morgan fingerprint density at radius 3 is 1.79 bits per heavy atom. The molecule has 2 heterocycles. The highest BCUT2D eigenvalue weighted by Crippen LogP contribution is 2.34. The fourth-order valence-electron chi connectivity index (χ4n) is 4.36. The van der Waals surface area contributed by atoms with E-state index in [-0.39, 0.29) is 0 Å². The van der Waals surface area contributed by atoms with Crippen LogP contribution in [-0.4, -0.2) is 14.6 Å². The second-order valence-electron chi connectivity index (χ2n) is 8.19. The van der Waals surface area contributed by atoms with Gasteiger partial charge >= 0.3 is 0 Å². The molecular weight excluding hydrogens is 402 g/mol. The highest BCUT2D eigenvalue weighted by Gasteiger charge is 2.16. The molecule has 6 rings (SSSR count). The minimum atomic E-state index is 0.869. The molecule has 0 aliphatic carbocycles. The van der Waals surface area contributed by atoms with Crippen LogP contribution < -0.4 is 0 Å². The van der Waals surface area contributed by atoms with Gasteiger partial charge in [0.25, 0.3) is 0 Å². The van der Waals surface area contributed by atoms with E-state index in [9.17, 15) is 0 Å². The fraction of sp³-hybridized carbons (Fsp3) is 0.133. The minimum Gasteiger partial charge on any atom is -0.274 e. The molecule has 0 unspecified atom stereocenters. The number of nitrogens with zero attached hydrogens (tertiary/aromatic N) is 3. The summed E-state index contributed by atoms with van der Waals surface area (Å²) in [7, 11) is 0. The number of fused-ring (bicyclic) bond motifs is 6. The van der Waals surface area contributed by atoms with Crippen molar-refractivity contribution in [3.8, 4) is 22.5 Å². The number of aryl methyl sites for hydroxylation is 2. The van der Waals surface area contributed by atoms with Crippen LogP contribution >= 0.6 is 0 Å². The van der Waals surface area contributed by atoms with Crippen LogP contribution in [0, 0.1) is 13.8 Å². The maximum Gasteiger partial charge on any atom is 0.169 e. The third-order valence-electron chi connectivity index (χ3n) is 6.05. The van der Waals surface area contributed by atoms with Crippen molar-refractivity contribution in [1.29, 1.82) is 0 Å². The van der Waals surface area contributed by atoms with E-state index >= 15 is 0 Å². The van der Waals surface area contributed by atoms with Crippen LogP contribution in [-0.2, 0) is 0 Å². The molecule has 2 aromatic heterocycles. The molecule has 6 aromatic rings. The quantitative estimate of drug-likeness (QED) is 0.261. The minimum absolute atomic E-state index is 0.869. The maximum absolute atomic E-state index is 4.60. The van der Waals surface area contributed by atoms with E-state index in [4.69, 9.17) is 0 Å². The molecule has 3 heteroatoms. The van der Waals surface area contributed by atoms with Crippen LogP contribution in [0.1, 0.15) is 25.0 Å². The highest BCUT2D eigenvalue weighted by atomic mass is 15.2. The molecule has 0 saturated carbocycles. The Morgan fingerprint density at radius 2 is 1.12 bits per heavy atom. The molecule has 162 valence electrons. The molecule has 0 amide bonds. The zero-order chi connectivity index (χ0) is 22.9. The lowest BCUT2D eigenvalue weighted by atomic mass is 9.99. The Morgan fingerprint density at radius 1 is 0.545 bits per heavy atom. The average molecular weight is 430 g/mol. The van der Waals surface area contributed by atoms with Gasteiger partial charge in [0.2, 0.25) is 0 Å². The van der Waals surface area contributed by atoms with Gasteiger partial charge in [-0.2, -0.15) is 0 Å². The van der Waals surface area contributed by atoms with Gasteiger partial charge in [0, 0.05) is 16.3 Å². The lowest BCUT2D eigenvalue weighted by Crippen LogP contribution is -1.95. The van der Waals surface area contributed by atoms with E-state index in [2.05, 4.69) is 119 Å². The van der Waals surface area contributed by atoms with Crippen molar-refractivity contribution < 1.29 is 0 Å². The predicted octanol–water partition coefficient (Wildman–Crippen LogP) is 8.01. The van der Waals surface area contributed by atoms with Gasteiger partial charge in [-0.1, -0.05) is 104 Å². The van der Waals surface area contributed by atoms with Crippen LogP contribution in [0.5, 0.6) is 0 Å². The van der Waals surface area contributed by atoms with Crippen LogP contribution in [0.4, 0.5) is 0 Å².